The van der Waals surface area contributed by atoms with Crippen LogP contribution in [0.25, 0.3) is 0 Å². The van der Waals surface area contributed by atoms with E-state index in [2.05, 4.69) is 14.2 Å². The third-order valence-electron chi connectivity index (χ3n) is 3.06. The average Bonchev–Trinajstić information content (AvgIpc) is 2.93. The highest BCUT2D eigenvalue weighted by Gasteiger charge is 2.14. The highest BCUT2D eigenvalue weighted by molar-refractivity contribution is 7.79. The summed E-state index contributed by atoms with van der Waals surface area (Å²) in [4.78, 5) is 0. The fourth-order valence-electron chi connectivity index (χ4n) is 1.95. The molecular weight excluding hydrogens is 307 g/mol. The van der Waals surface area contributed by atoms with E-state index in [4.69, 9.17) is 4.74 Å². The largest absolute Gasteiger partial charge is 0.489 e. The van der Waals surface area contributed by atoms with Crippen LogP contribution in [0.2, 0.25) is 0 Å². The Morgan fingerprint density at radius 3 is 2.64 bits per heavy atom. The molecule has 1 aliphatic heterocycles. The molecule has 2 aromatic carbocycles. The first-order chi connectivity index (χ1) is 10.7. The molecule has 3 rings (SSSR count). The molecule has 1 N–H and O–H groups in total. The van der Waals surface area contributed by atoms with E-state index in [0.29, 0.717) is 23.6 Å². The summed E-state index contributed by atoms with van der Waals surface area (Å²) in [6.07, 6.45) is 0.485. The molecule has 0 fully saturated rings. The van der Waals surface area contributed by atoms with Gasteiger partial charge in [0.2, 0.25) is 0 Å². The van der Waals surface area contributed by atoms with E-state index in [0.717, 1.165) is 5.56 Å². The normalized spacial score (nSPS) is 16.6. The number of amidine groups is 1. The van der Waals surface area contributed by atoms with Crippen molar-refractivity contribution < 1.29 is 17.6 Å². The molecule has 114 valence electrons. The standard InChI is InChI=1S/C15H13FN2O3S/c16-14-4-2-1-3-12(14)10-20-13-7-5-11(6-8-13)9-15-17-21-22(19)18-15/h1-8H,9-10H2,(H,17,18). The zero-order valence-electron chi connectivity index (χ0n) is 11.5. The highest BCUT2D eigenvalue weighted by Crippen LogP contribution is 2.16. The number of ether oxygens (including phenoxy) is 1. The molecule has 5 nitrogen and oxygen atoms in total. The van der Waals surface area contributed by atoms with Gasteiger partial charge in [0.1, 0.15) is 18.2 Å². The van der Waals surface area contributed by atoms with E-state index >= 15 is 0 Å². The number of hydrogen-bond donors (Lipinski definition) is 1. The van der Waals surface area contributed by atoms with Crippen molar-refractivity contribution in [3.63, 3.8) is 0 Å². The first kappa shape index (κ1) is 14.5. The van der Waals surface area contributed by atoms with Gasteiger partial charge in [-0.2, -0.15) is 4.21 Å². The number of hydrogen-bond acceptors (Lipinski definition) is 4. The molecule has 0 saturated carbocycles. The number of halogens is 1. The van der Waals surface area contributed by atoms with Crippen LogP contribution in [0.1, 0.15) is 11.1 Å². The predicted molar refractivity (Wildman–Crippen MR) is 80.7 cm³/mol. The van der Waals surface area contributed by atoms with Crippen molar-refractivity contribution in [2.45, 2.75) is 13.0 Å². The summed E-state index contributed by atoms with van der Waals surface area (Å²) < 4.78 is 37.1. The minimum atomic E-state index is -1.57. The van der Waals surface area contributed by atoms with E-state index in [1.165, 1.54) is 6.07 Å². The molecule has 0 aliphatic carbocycles. The van der Waals surface area contributed by atoms with Crippen molar-refractivity contribution >= 4 is 17.1 Å². The summed E-state index contributed by atoms with van der Waals surface area (Å²) >= 11 is -1.57. The number of nitrogens with zero attached hydrogens (tertiary/aromatic N) is 1. The van der Waals surface area contributed by atoms with Crippen molar-refractivity contribution in [1.29, 1.82) is 0 Å². The summed E-state index contributed by atoms with van der Waals surface area (Å²) in [7, 11) is 0. The van der Waals surface area contributed by atoms with Gasteiger partial charge in [-0.25, -0.2) is 4.39 Å². The lowest BCUT2D eigenvalue weighted by Crippen LogP contribution is -2.21. The molecule has 0 amide bonds. The quantitative estimate of drug-likeness (QED) is 0.920. The molecule has 1 atom stereocenters. The molecule has 1 aliphatic rings. The Balaban J connectivity index is 1.57. The summed E-state index contributed by atoms with van der Waals surface area (Å²) in [5, 5.41) is 3.65. The van der Waals surface area contributed by atoms with E-state index < -0.39 is 11.3 Å². The maximum absolute atomic E-state index is 13.5. The SMILES string of the molecule is O=S1NC(Cc2ccc(OCc3ccccc3F)cc2)=NO1. The van der Waals surface area contributed by atoms with Gasteiger partial charge in [0.25, 0.3) is 0 Å². The Morgan fingerprint density at radius 1 is 1.18 bits per heavy atom. The maximum atomic E-state index is 13.5. The van der Waals surface area contributed by atoms with Crippen LogP contribution >= 0.6 is 0 Å². The Labute approximate surface area is 129 Å². The predicted octanol–water partition coefficient (Wildman–Crippen LogP) is 2.46. The van der Waals surface area contributed by atoms with Gasteiger partial charge < -0.3 is 4.74 Å². The van der Waals surface area contributed by atoms with Crippen LogP contribution in [0.4, 0.5) is 4.39 Å². The van der Waals surface area contributed by atoms with Gasteiger partial charge in [-0.15, -0.1) is 0 Å². The molecule has 7 heteroatoms. The van der Waals surface area contributed by atoms with Crippen molar-refractivity contribution in [2.75, 3.05) is 0 Å². The Morgan fingerprint density at radius 2 is 1.95 bits per heavy atom. The first-order valence-corrected chi connectivity index (χ1v) is 7.66. The lowest BCUT2D eigenvalue weighted by Gasteiger charge is -2.08. The maximum Gasteiger partial charge on any atom is 0.338 e. The van der Waals surface area contributed by atoms with Gasteiger partial charge in [-0.1, -0.05) is 35.5 Å². The van der Waals surface area contributed by atoms with E-state index in [-0.39, 0.29) is 12.4 Å². The Bertz CT molecular complexity index is 719. The zero-order valence-corrected chi connectivity index (χ0v) is 12.3. The molecule has 22 heavy (non-hydrogen) atoms. The molecular formula is C15H13FN2O3S. The van der Waals surface area contributed by atoms with Gasteiger partial charge in [0.05, 0.1) is 0 Å². The zero-order chi connectivity index (χ0) is 15.4. The van der Waals surface area contributed by atoms with E-state index in [9.17, 15) is 8.60 Å². The van der Waals surface area contributed by atoms with Gasteiger partial charge in [0, 0.05) is 12.0 Å². The molecule has 0 aromatic heterocycles. The Hall–Kier alpha value is -2.41. The third kappa shape index (κ3) is 3.62. The molecule has 0 radical (unpaired) electrons. The second-order valence-corrected chi connectivity index (χ2v) is 5.47. The van der Waals surface area contributed by atoms with Crippen molar-refractivity contribution in [3.8, 4) is 5.75 Å². The lowest BCUT2D eigenvalue weighted by molar-refractivity contribution is 0.300. The lowest BCUT2D eigenvalue weighted by atomic mass is 10.1. The first-order valence-electron chi connectivity index (χ1n) is 6.58. The highest BCUT2D eigenvalue weighted by atomic mass is 32.2. The fraction of sp³-hybridized carbons (Fsp3) is 0.133. The monoisotopic (exact) mass is 320 g/mol. The third-order valence-corrected chi connectivity index (χ3v) is 3.68. The number of benzene rings is 2. The smallest absolute Gasteiger partial charge is 0.338 e. The average molecular weight is 320 g/mol. The number of nitrogens with one attached hydrogen (secondary N) is 1. The molecule has 0 saturated heterocycles. The second kappa shape index (κ2) is 6.57. The summed E-state index contributed by atoms with van der Waals surface area (Å²) in [5.74, 6) is 0.879. The van der Waals surface area contributed by atoms with Crippen LogP contribution < -0.4 is 9.46 Å². The van der Waals surface area contributed by atoms with Crippen LogP contribution in [0.15, 0.2) is 53.7 Å². The second-order valence-electron chi connectivity index (χ2n) is 4.65. The van der Waals surface area contributed by atoms with Crippen LogP contribution in [0.3, 0.4) is 0 Å². The van der Waals surface area contributed by atoms with Gasteiger partial charge >= 0.3 is 11.3 Å². The van der Waals surface area contributed by atoms with Crippen LogP contribution in [0, 0.1) is 5.82 Å². The van der Waals surface area contributed by atoms with E-state index in [1.807, 2.05) is 12.1 Å². The van der Waals surface area contributed by atoms with Crippen LogP contribution in [-0.4, -0.2) is 10.0 Å². The molecule has 1 unspecified atom stereocenters. The summed E-state index contributed by atoms with van der Waals surface area (Å²) in [5.41, 5.74) is 1.47. The van der Waals surface area contributed by atoms with Gasteiger partial charge in [0.15, 0.2) is 5.84 Å². The number of rotatable bonds is 5. The minimum Gasteiger partial charge on any atom is -0.489 e. The Kier molecular flexibility index (Phi) is 4.34. The van der Waals surface area contributed by atoms with Crippen LogP contribution in [0.5, 0.6) is 5.75 Å². The van der Waals surface area contributed by atoms with Crippen molar-refractivity contribution in [3.05, 3.63) is 65.5 Å². The van der Waals surface area contributed by atoms with Gasteiger partial charge in [-0.05, 0) is 23.8 Å². The van der Waals surface area contributed by atoms with Gasteiger partial charge in [-0.3, -0.25) is 9.01 Å². The van der Waals surface area contributed by atoms with Crippen molar-refractivity contribution in [2.24, 2.45) is 5.16 Å². The number of oxime groups is 1. The van der Waals surface area contributed by atoms with E-state index in [1.54, 1.807) is 30.3 Å². The molecule has 2 aromatic rings. The molecule has 1 heterocycles. The topological polar surface area (TPSA) is 59.9 Å². The van der Waals surface area contributed by atoms with Crippen LogP contribution in [-0.2, 0) is 28.6 Å². The minimum absolute atomic E-state index is 0.174. The summed E-state index contributed by atoms with van der Waals surface area (Å²) in [6, 6.07) is 13.8. The molecule has 0 spiro atoms. The van der Waals surface area contributed by atoms with Crippen molar-refractivity contribution in [1.82, 2.24) is 4.72 Å². The summed E-state index contributed by atoms with van der Waals surface area (Å²) in [6.45, 7) is 0.174. The fourth-order valence-corrected chi connectivity index (χ4v) is 2.45. The molecule has 0 bridgehead atoms.